The highest BCUT2D eigenvalue weighted by atomic mass is 35.5. The monoisotopic (exact) mass is 426 g/mol. The number of nitrogens with zero attached hydrogens (tertiary/aromatic N) is 1. The first kappa shape index (κ1) is 19.4. The standard InChI is InChI=1S/C23H23ClN2O4/c24-19-10-9-14(12-20(19)26(27)28)22-17-6-1-5-16(17)18-7-2-8-21(23(18)25-22)30-13-15-4-3-11-29-15/h1-2,5,7-10,12,15-17,22,25H,3-4,6,11,13H2. The molecule has 4 atom stereocenters. The van der Waals surface area contributed by atoms with Crippen LogP contribution in [0, 0.1) is 16.0 Å². The molecule has 5 rings (SSSR count). The highest BCUT2D eigenvalue weighted by molar-refractivity contribution is 6.32. The summed E-state index contributed by atoms with van der Waals surface area (Å²) >= 11 is 6.04. The van der Waals surface area contributed by atoms with Crippen molar-refractivity contribution in [3.05, 3.63) is 74.8 Å². The quantitative estimate of drug-likeness (QED) is 0.381. The van der Waals surface area contributed by atoms with Gasteiger partial charge in [-0.25, -0.2) is 0 Å². The Hall–Kier alpha value is -2.57. The topological polar surface area (TPSA) is 73.6 Å². The largest absolute Gasteiger partial charge is 0.489 e. The predicted molar refractivity (Wildman–Crippen MR) is 115 cm³/mol. The third-order valence-corrected chi connectivity index (χ3v) is 6.65. The molecule has 0 aromatic heterocycles. The van der Waals surface area contributed by atoms with Crippen LogP contribution >= 0.6 is 11.6 Å². The van der Waals surface area contributed by atoms with Gasteiger partial charge in [-0.15, -0.1) is 0 Å². The average Bonchev–Trinajstić information content (AvgIpc) is 3.44. The molecule has 2 aliphatic heterocycles. The molecule has 6 nitrogen and oxygen atoms in total. The van der Waals surface area contributed by atoms with Gasteiger partial charge in [0.2, 0.25) is 0 Å². The van der Waals surface area contributed by atoms with Gasteiger partial charge in [-0.1, -0.05) is 42.0 Å². The van der Waals surface area contributed by atoms with Crippen LogP contribution in [0.4, 0.5) is 11.4 Å². The van der Waals surface area contributed by atoms with Crippen LogP contribution in [0.15, 0.2) is 48.6 Å². The maximum absolute atomic E-state index is 11.4. The molecule has 3 aliphatic rings. The van der Waals surface area contributed by atoms with Gasteiger partial charge < -0.3 is 14.8 Å². The molecule has 0 bridgehead atoms. The van der Waals surface area contributed by atoms with Crippen molar-refractivity contribution in [2.45, 2.75) is 37.3 Å². The van der Waals surface area contributed by atoms with Crippen LogP contribution in [0.1, 0.15) is 42.3 Å². The van der Waals surface area contributed by atoms with E-state index in [0.29, 0.717) is 6.61 Å². The summed E-state index contributed by atoms with van der Waals surface area (Å²) in [6, 6.07) is 11.2. The Morgan fingerprint density at radius 3 is 3.00 bits per heavy atom. The molecular formula is C23H23ClN2O4. The van der Waals surface area contributed by atoms with Gasteiger partial charge >= 0.3 is 0 Å². The van der Waals surface area contributed by atoms with Crippen LogP contribution in [-0.2, 0) is 4.74 Å². The Kier molecular flexibility index (Phi) is 5.13. The summed E-state index contributed by atoms with van der Waals surface area (Å²) in [4.78, 5) is 11.0. The van der Waals surface area contributed by atoms with Crippen molar-refractivity contribution in [3.8, 4) is 5.75 Å². The van der Waals surface area contributed by atoms with Gasteiger partial charge in [0.1, 0.15) is 17.4 Å². The number of nitrogens with one attached hydrogen (secondary N) is 1. The van der Waals surface area contributed by atoms with Crippen LogP contribution in [0.25, 0.3) is 0 Å². The lowest BCUT2D eigenvalue weighted by Crippen LogP contribution is -2.29. The first-order valence-corrected chi connectivity index (χ1v) is 10.7. The molecule has 0 saturated carbocycles. The van der Waals surface area contributed by atoms with Crippen LogP contribution in [0.2, 0.25) is 5.02 Å². The second-order valence-electron chi connectivity index (χ2n) is 8.11. The molecule has 1 saturated heterocycles. The molecule has 2 aromatic rings. The van der Waals surface area contributed by atoms with Gasteiger partial charge in [0.05, 0.1) is 22.8 Å². The van der Waals surface area contributed by atoms with E-state index < -0.39 is 4.92 Å². The highest BCUT2D eigenvalue weighted by Crippen LogP contribution is 2.52. The van der Waals surface area contributed by atoms with E-state index in [1.54, 1.807) is 12.1 Å². The number of allylic oxidation sites excluding steroid dienone is 2. The zero-order valence-corrected chi connectivity index (χ0v) is 17.2. The first-order chi connectivity index (χ1) is 14.6. The number of hydrogen-bond donors (Lipinski definition) is 1. The fourth-order valence-corrected chi connectivity index (χ4v) is 5.05. The second-order valence-corrected chi connectivity index (χ2v) is 8.52. The van der Waals surface area contributed by atoms with Crippen LogP contribution in [-0.4, -0.2) is 24.2 Å². The second kappa shape index (κ2) is 7.93. The van der Waals surface area contributed by atoms with Crippen molar-refractivity contribution in [2.24, 2.45) is 5.92 Å². The van der Waals surface area contributed by atoms with E-state index in [9.17, 15) is 10.1 Å². The molecule has 0 amide bonds. The average molecular weight is 427 g/mol. The van der Waals surface area contributed by atoms with Gasteiger partial charge in [-0.3, -0.25) is 10.1 Å². The molecule has 2 aromatic carbocycles. The van der Waals surface area contributed by atoms with Crippen molar-refractivity contribution in [1.82, 2.24) is 0 Å². The summed E-state index contributed by atoms with van der Waals surface area (Å²) in [6.07, 6.45) is 7.59. The Labute approximate surface area is 180 Å². The minimum absolute atomic E-state index is 0.0628. The third kappa shape index (κ3) is 3.44. The highest BCUT2D eigenvalue weighted by Gasteiger charge is 2.39. The summed E-state index contributed by atoms with van der Waals surface area (Å²) in [6.45, 7) is 1.32. The number of fused-ring (bicyclic) bond motifs is 3. The molecule has 7 heteroatoms. The van der Waals surface area contributed by atoms with Crippen LogP contribution in [0.3, 0.4) is 0 Å². The van der Waals surface area contributed by atoms with Gasteiger partial charge in [-0.05, 0) is 48.4 Å². The first-order valence-electron chi connectivity index (χ1n) is 10.4. The van der Waals surface area contributed by atoms with Crippen LogP contribution < -0.4 is 10.1 Å². The number of rotatable bonds is 5. The minimum atomic E-state index is -0.427. The molecule has 0 spiro atoms. The summed E-state index contributed by atoms with van der Waals surface area (Å²) in [7, 11) is 0. The van der Waals surface area contributed by atoms with Gasteiger partial charge in [0.25, 0.3) is 5.69 Å². The van der Waals surface area contributed by atoms with Gasteiger partial charge in [0, 0.05) is 18.6 Å². The van der Waals surface area contributed by atoms with E-state index in [-0.39, 0.29) is 34.7 Å². The normalized spacial score (nSPS) is 26.7. The molecule has 0 radical (unpaired) electrons. The number of nitro groups is 1. The number of ether oxygens (including phenoxy) is 2. The Balaban J connectivity index is 1.49. The number of anilines is 1. The van der Waals surface area contributed by atoms with Crippen molar-refractivity contribution in [1.29, 1.82) is 0 Å². The molecule has 1 N–H and O–H groups in total. The van der Waals surface area contributed by atoms with Gasteiger partial charge in [-0.2, -0.15) is 0 Å². The van der Waals surface area contributed by atoms with E-state index in [0.717, 1.165) is 42.9 Å². The lowest BCUT2D eigenvalue weighted by molar-refractivity contribution is -0.384. The van der Waals surface area contributed by atoms with Crippen molar-refractivity contribution in [2.75, 3.05) is 18.5 Å². The lowest BCUT2D eigenvalue weighted by atomic mass is 9.77. The number of nitro benzene ring substituents is 1. The molecule has 30 heavy (non-hydrogen) atoms. The third-order valence-electron chi connectivity index (χ3n) is 6.33. The van der Waals surface area contributed by atoms with Crippen LogP contribution in [0.5, 0.6) is 5.75 Å². The zero-order valence-electron chi connectivity index (χ0n) is 16.4. The molecule has 2 heterocycles. The predicted octanol–water partition coefficient (Wildman–Crippen LogP) is 5.63. The summed E-state index contributed by atoms with van der Waals surface area (Å²) in [5.41, 5.74) is 2.97. The van der Waals surface area contributed by atoms with E-state index in [4.69, 9.17) is 21.1 Å². The number of hydrogen-bond acceptors (Lipinski definition) is 5. The van der Waals surface area contributed by atoms with Gasteiger partial charge in [0.15, 0.2) is 0 Å². The summed E-state index contributed by atoms with van der Waals surface area (Å²) in [5, 5.41) is 15.2. The number of benzene rings is 2. The Bertz CT molecular complexity index is 1000. The maximum atomic E-state index is 11.4. The minimum Gasteiger partial charge on any atom is -0.489 e. The molecule has 4 unspecified atom stereocenters. The van der Waals surface area contributed by atoms with E-state index >= 15 is 0 Å². The number of halogens is 1. The molecule has 1 fully saturated rings. The summed E-state index contributed by atoms with van der Waals surface area (Å²) in [5.74, 6) is 1.33. The maximum Gasteiger partial charge on any atom is 0.288 e. The zero-order chi connectivity index (χ0) is 20.7. The fraction of sp³-hybridized carbons (Fsp3) is 0.391. The lowest BCUT2D eigenvalue weighted by Gasteiger charge is -2.38. The van der Waals surface area contributed by atoms with Crippen molar-refractivity contribution in [3.63, 3.8) is 0 Å². The van der Waals surface area contributed by atoms with Crippen molar-refractivity contribution < 1.29 is 14.4 Å². The van der Waals surface area contributed by atoms with E-state index in [2.05, 4.69) is 23.5 Å². The van der Waals surface area contributed by atoms with E-state index in [1.165, 1.54) is 5.56 Å². The van der Waals surface area contributed by atoms with E-state index in [1.807, 2.05) is 18.2 Å². The molecule has 1 aliphatic carbocycles. The number of para-hydroxylation sites is 1. The Morgan fingerprint density at radius 2 is 2.20 bits per heavy atom. The van der Waals surface area contributed by atoms with Crippen molar-refractivity contribution >= 4 is 23.0 Å². The smallest absolute Gasteiger partial charge is 0.288 e. The Morgan fingerprint density at radius 1 is 1.30 bits per heavy atom. The SMILES string of the molecule is O=[N+]([O-])c1cc(C2Nc3c(OCC4CCCO4)cccc3C3C=CCC32)ccc1Cl. The molecule has 156 valence electrons. The molecular weight excluding hydrogens is 404 g/mol. The fourth-order valence-electron chi connectivity index (χ4n) is 4.86. The summed E-state index contributed by atoms with van der Waals surface area (Å²) < 4.78 is 11.9.